The Labute approximate surface area is 278 Å². The number of halogens is 3. The molecule has 48 heavy (non-hydrogen) atoms. The van der Waals surface area contributed by atoms with Crippen LogP contribution in [0.2, 0.25) is 0 Å². The highest BCUT2D eigenvalue weighted by Crippen LogP contribution is 2.54. The van der Waals surface area contributed by atoms with Crippen LogP contribution in [0.4, 0.5) is 18.9 Å². The molecule has 1 spiro atoms. The number of carbonyl (C=O) groups excluding carboxylic acids is 2. The van der Waals surface area contributed by atoms with Gasteiger partial charge in [0.05, 0.1) is 17.5 Å². The lowest BCUT2D eigenvalue weighted by Gasteiger charge is -2.46. The van der Waals surface area contributed by atoms with Crippen LogP contribution in [0.15, 0.2) is 49.3 Å². The quantitative estimate of drug-likeness (QED) is 0.283. The van der Waals surface area contributed by atoms with Crippen molar-refractivity contribution in [2.75, 3.05) is 31.1 Å². The van der Waals surface area contributed by atoms with Gasteiger partial charge >= 0.3 is 6.18 Å². The van der Waals surface area contributed by atoms with Crippen LogP contribution in [-0.4, -0.2) is 62.6 Å². The number of hydrogen-bond acceptors (Lipinski definition) is 5. The summed E-state index contributed by atoms with van der Waals surface area (Å²) in [6.07, 6.45) is 4.10. The highest BCUT2D eigenvalue weighted by Gasteiger charge is 2.49. The van der Waals surface area contributed by atoms with E-state index in [4.69, 9.17) is 0 Å². The summed E-state index contributed by atoms with van der Waals surface area (Å²) in [4.78, 5) is 31.9. The topological polar surface area (TPSA) is 74.6 Å². The molecule has 0 radical (unpaired) electrons. The Morgan fingerprint density at radius 2 is 1.85 bits per heavy atom. The molecule has 2 aliphatic carbocycles. The number of fused-ring (bicyclic) bond motifs is 1. The largest absolute Gasteiger partial charge is 0.416 e. The molecule has 3 aliphatic heterocycles. The van der Waals surface area contributed by atoms with Crippen LogP contribution in [0, 0.1) is 11.3 Å². The number of benzene rings is 2. The molecular weight excluding hydrogens is 617 g/mol. The minimum atomic E-state index is -4.60. The van der Waals surface area contributed by atoms with Gasteiger partial charge < -0.3 is 14.4 Å². The summed E-state index contributed by atoms with van der Waals surface area (Å²) in [6, 6.07) is 9.18. The van der Waals surface area contributed by atoms with E-state index < -0.39 is 17.6 Å². The van der Waals surface area contributed by atoms with E-state index in [0.717, 1.165) is 62.0 Å². The first kappa shape index (κ1) is 31.3. The lowest BCUT2D eigenvalue weighted by atomic mass is 9.58. The molecule has 0 N–H and O–H groups in total. The van der Waals surface area contributed by atoms with Crippen LogP contribution >= 0.6 is 0 Å². The maximum Gasteiger partial charge on any atom is 0.416 e. The molecule has 3 aromatic rings. The van der Waals surface area contributed by atoms with Crippen molar-refractivity contribution in [1.29, 1.82) is 0 Å². The van der Waals surface area contributed by atoms with Crippen LogP contribution in [0.3, 0.4) is 0 Å². The summed E-state index contributed by atoms with van der Waals surface area (Å²) in [6.45, 7) is 8.76. The fourth-order valence-corrected chi connectivity index (χ4v) is 9.14. The number of hydrogen-bond donors (Lipinski definition) is 0. The molecule has 8 rings (SSSR count). The van der Waals surface area contributed by atoms with Gasteiger partial charge in [-0.05, 0) is 110 Å². The molecule has 4 fully saturated rings. The number of carbonyl (C=O) groups is 2. The standard InChI is InChI=1S/C37H41F3N6O2/c1-4-32(47)45-10-8-35(21-45)7-9-44(20-35)18-24-11-29-30(31(12-24)37(38,39)40)19-46(33(29)48)28-14-26(25-5-6-25)13-27(15-28)36(16-23(2)17-36)34-42-41-22-43(34)3/h4,11-15,22-23,25H,1,5-10,16-21H2,2-3H3/t23?,35-,36?/m0/s1. The third kappa shape index (κ3) is 5.16. The van der Waals surface area contributed by atoms with Gasteiger partial charge in [-0.1, -0.05) is 19.6 Å². The zero-order valence-corrected chi connectivity index (χ0v) is 27.5. The van der Waals surface area contributed by atoms with E-state index in [1.807, 2.05) is 28.6 Å². The molecule has 2 amide bonds. The van der Waals surface area contributed by atoms with Gasteiger partial charge in [0.25, 0.3) is 5.91 Å². The van der Waals surface area contributed by atoms with E-state index in [9.17, 15) is 22.8 Å². The first-order valence-electron chi connectivity index (χ1n) is 17.1. The lowest BCUT2D eigenvalue weighted by Crippen LogP contribution is -2.43. The highest BCUT2D eigenvalue weighted by atomic mass is 19.4. The third-order valence-corrected chi connectivity index (χ3v) is 11.6. The van der Waals surface area contributed by atoms with Gasteiger partial charge in [0, 0.05) is 49.9 Å². The Morgan fingerprint density at radius 1 is 1.08 bits per heavy atom. The molecule has 5 aliphatic rings. The van der Waals surface area contributed by atoms with Gasteiger partial charge in [-0.2, -0.15) is 13.2 Å². The van der Waals surface area contributed by atoms with Crippen molar-refractivity contribution in [2.24, 2.45) is 18.4 Å². The molecule has 0 bridgehead atoms. The van der Waals surface area contributed by atoms with Gasteiger partial charge in [-0.3, -0.25) is 14.5 Å². The van der Waals surface area contributed by atoms with E-state index in [0.29, 0.717) is 49.3 Å². The summed E-state index contributed by atoms with van der Waals surface area (Å²) in [7, 11) is 1.94. The van der Waals surface area contributed by atoms with Gasteiger partial charge in [0.15, 0.2) is 0 Å². The molecule has 2 aromatic carbocycles. The third-order valence-electron chi connectivity index (χ3n) is 11.6. The van der Waals surface area contributed by atoms with Crippen LogP contribution in [0.1, 0.15) is 95.4 Å². The number of aromatic nitrogens is 3. The van der Waals surface area contributed by atoms with Crippen LogP contribution < -0.4 is 4.90 Å². The van der Waals surface area contributed by atoms with Crippen LogP contribution in [0.5, 0.6) is 0 Å². The average Bonchev–Trinajstić information content (AvgIpc) is 3.30. The SMILES string of the molecule is C=CC(=O)N1CC[C@]2(CCN(Cc3cc4c(c(C(F)(F)F)c3)CN(c3cc(C5CC5)cc(C5(c6nncn6C)CC(C)C5)c3)C4=O)C2)C1. The van der Waals surface area contributed by atoms with E-state index in [-0.39, 0.29) is 34.4 Å². The summed E-state index contributed by atoms with van der Waals surface area (Å²) in [5.41, 5.74) is 2.36. The van der Waals surface area contributed by atoms with Crippen molar-refractivity contribution >= 4 is 17.5 Å². The molecule has 11 heteroatoms. The first-order valence-corrected chi connectivity index (χ1v) is 17.1. The second-order valence-electron chi connectivity index (χ2n) is 15.2. The Morgan fingerprint density at radius 3 is 2.52 bits per heavy atom. The van der Waals surface area contributed by atoms with Crippen LogP contribution in [-0.2, 0) is 36.5 Å². The van der Waals surface area contributed by atoms with Crippen molar-refractivity contribution in [3.05, 3.63) is 88.5 Å². The van der Waals surface area contributed by atoms with Crippen molar-refractivity contribution in [3.63, 3.8) is 0 Å². The zero-order chi connectivity index (χ0) is 33.6. The minimum Gasteiger partial charge on any atom is -0.339 e. The van der Waals surface area contributed by atoms with Gasteiger partial charge in [-0.15, -0.1) is 10.2 Å². The second-order valence-corrected chi connectivity index (χ2v) is 15.2. The van der Waals surface area contributed by atoms with E-state index in [1.165, 1.54) is 12.1 Å². The molecule has 252 valence electrons. The summed E-state index contributed by atoms with van der Waals surface area (Å²) in [5.74, 6) is 1.29. The molecular formula is C37H41F3N6O2. The Hall–Kier alpha value is -3.99. The monoisotopic (exact) mass is 658 g/mol. The lowest BCUT2D eigenvalue weighted by molar-refractivity contribution is -0.138. The predicted octanol–water partition coefficient (Wildman–Crippen LogP) is 6.20. The number of aryl methyl sites for hydroxylation is 1. The zero-order valence-electron chi connectivity index (χ0n) is 27.5. The van der Waals surface area contributed by atoms with Crippen molar-refractivity contribution < 1.29 is 22.8 Å². The second kappa shape index (κ2) is 11.0. The van der Waals surface area contributed by atoms with Gasteiger partial charge in [0.1, 0.15) is 12.2 Å². The Bertz CT molecular complexity index is 1820. The fourth-order valence-electron chi connectivity index (χ4n) is 9.14. The first-order chi connectivity index (χ1) is 22.9. The summed E-state index contributed by atoms with van der Waals surface area (Å²) in [5, 5.41) is 8.66. The molecule has 1 aromatic heterocycles. The number of amides is 2. The van der Waals surface area contributed by atoms with Crippen molar-refractivity contribution in [1.82, 2.24) is 24.6 Å². The fraction of sp³-hybridized carbons (Fsp3) is 0.514. The molecule has 2 saturated carbocycles. The van der Waals surface area contributed by atoms with Crippen molar-refractivity contribution in [3.8, 4) is 0 Å². The summed E-state index contributed by atoms with van der Waals surface area (Å²) >= 11 is 0. The number of alkyl halides is 3. The smallest absolute Gasteiger partial charge is 0.339 e. The maximum atomic E-state index is 14.7. The highest BCUT2D eigenvalue weighted by molar-refractivity contribution is 6.10. The molecule has 8 nitrogen and oxygen atoms in total. The number of anilines is 1. The normalized spacial score (nSPS) is 27.2. The molecule has 2 saturated heterocycles. The Kier molecular flexibility index (Phi) is 7.18. The predicted molar refractivity (Wildman–Crippen MR) is 174 cm³/mol. The van der Waals surface area contributed by atoms with E-state index >= 15 is 0 Å². The number of rotatable bonds is 7. The Balaban J connectivity index is 1.11. The van der Waals surface area contributed by atoms with Gasteiger partial charge in [0.2, 0.25) is 5.91 Å². The van der Waals surface area contributed by atoms with Crippen LogP contribution in [0.25, 0.3) is 0 Å². The van der Waals surface area contributed by atoms with Gasteiger partial charge in [-0.25, -0.2) is 0 Å². The van der Waals surface area contributed by atoms with E-state index in [1.54, 1.807) is 17.3 Å². The molecule has 0 unspecified atom stereocenters. The number of nitrogens with zero attached hydrogens (tertiary/aromatic N) is 6. The number of likely N-dealkylation sites (tertiary alicyclic amines) is 2. The van der Waals surface area contributed by atoms with Crippen molar-refractivity contribution in [2.45, 2.75) is 76.0 Å². The average molecular weight is 659 g/mol. The van der Waals surface area contributed by atoms with E-state index in [2.05, 4.69) is 34.7 Å². The maximum absolute atomic E-state index is 14.7. The molecule has 4 heterocycles. The summed E-state index contributed by atoms with van der Waals surface area (Å²) < 4.78 is 46.0. The molecule has 1 atom stereocenters. The minimum absolute atomic E-state index is 0.0437.